The molecule has 0 spiro atoms. The molecule has 5 heteroatoms. The van der Waals surface area contributed by atoms with Gasteiger partial charge in [-0.15, -0.1) is 0 Å². The highest BCUT2D eigenvalue weighted by atomic mass is 35.5. The maximum absolute atomic E-state index is 6.44. The van der Waals surface area contributed by atoms with Crippen molar-refractivity contribution in [1.29, 1.82) is 0 Å². The summed E-state index contributed by atoms with van der Waals surface area (Å²) in [5, 5.41) is 0.702. The minimum Gasteiger partial charge on any atom is -0.497 e. The van der Waals surface area contributed by atoms with E-state index >= 15 is 0 Å². The number of imidazole rings is 1. The van der Waals surface area contributed by atoms with Gasteiger partial charge in [0.1, 0.15) is 17.3 Å². The molecule has 142 valence electrons. The first-order valence-corrected chi connectivity index (χ1v) is 9.61. The molecule has 0 aliphatic heterocycles. The number of hydrogen-bond acceptors (Lipinski definition) is 3. The lowest BCUT2D eigenvalue weighted by atomic mass is 10.2. The maximum atomic E-state index is 6.44. The highest BCUT2D eigenvalue weighted by Gasteiger charge is 2.14. The predicted molar refractivity (Wildman–Crippen MR) is 113 cm³/mol. The number of aryl methyl sites for hydroxylation is 1. The molecule has 4 rings (SSSR count). The lowest BCUT2D eigenvalue weighted by Gasteiger charge is -2.11. The molecule has 0 aliphatic rings. The molecule has 28 heavy (non-hydrogen) atoms. The summed E-state index contributed by atoms with van der Waals surface area (Å²) in [5.41, 5.74) is 3.01. The first-order chi connectivity index (χ1) is 13.8. The van der Waals surface area contributed by atoms with Crippen LogP contribution in [0.25, 0.3) is 22.4 Å². The van der Waals surface area contributed by atoms with E-state index < -0.39 is 0 Å². The van der Waals surface area contributed by atoms with Gasteiger partial charge in [0.15, 0.2) is 0 Å². The Morgan fingerprint density at radius 2 is 1.61 bits per heavy atom. The van der Waals surface area contributed by atoms with Gasteiger partial charge in [-0.3, -0.25) is 0 Å². The Balaban J connectivity index is 1.52. The van der Waals surface area contributed by atoms with E-state index in [0.717, 1.165) is 46.9 Å². The Bertz CT molecular complexity index is 1070. The number of nitrogens with zero attached hydrogens (tertiary/aromatic N) is 2. The monoisotopic (exact) mass is 392 g/mol. The van der Waals surface area contributed by atoms with Crippen molar-refractivity contribution in [2.45, 2.75) is 13.0 Å². The van der Waals surface area contributed by atoms with Crippen molar-refractivity contribution < 1.29 is 9.47 Å². The zero-order chi connectivity index (χ0) is 19.3. The molecule has 0 saturated heterocycles. The number of benzene rings is 3. The zero-order valence-electron chi connectivity index (χ0n) is 15.6. The van der Waals surface area contributed by atoms with Crippen molar-refractivity contribution in [3.63, 3.8) is 0 Å². The molecule has 4 nitrogen and oxygen atoms in total. The molecule has 0 amide bonds. The number of para-hydroxylation sites is 2. The third-order valence-corrected chi connectivity index (χ3v) is 4.95. The number of ether oxygens (including phenoxy) is 2. The van der Waals surface area contributed by atoms with Crippen LogP contribution in [0.15, 0.2) is 72.8 Å². The molecule has 3 aromatic carbocycles. The predicted octanol–water partition coefficient (Wildman–Crippen LogP) is 5.83. The van der Waals surface area contributed by atoms with Crippen molar-refractivity contribution in [2.75, 3.05) is 13.7 Å². The molecule has 0 fully saturated rings. The molecule has 0 unspecified atom stereocenters. The van der Waals surface area contributed by atoms with Crippen LogP contribution >= 0.6 is 11.6 Å². The quantitative estimate of drug-likeness (QED) is 0.371. The van der Waals surface area contributed by atoms with Gasteiger partial charge in [-0.05, 0) is 55.0 Å². The molecule has 1 aromatic heterocycles. The summed E-state index contributed by atoms with van der Waals surface area (Å²) in [6.45, 7) is 1.40. The summed E-state index contributed by atoms with van der Waals surface area (Å²) < 4.78 is 13.3. The maximum Gasteiger partial charge on any atom is 0.142 e. The number of aromatic nitrogens is 2. The summed E-state index contributed by atoms with van der Waals surface area (Å²) in [6, 6.07) is 23.6. The van der Waals surface area contributed by atoms with Crippen molar-refractivity contribution in [2.24, 2.45) is 0 Å². The number of fused-ring (bicyclic) bond motifs is 1. The minimum absolute atomic E-state index is 0.612. The van der Waals surface area contributed by atoms with E-state index in [1.54, 1.807) is 7.11 Å². The smallest absolute Gasteiger partial charge is 0.142 e. The van der Waals surface area contributed by atoms with Gasteiger partial charge in [0.05, 0.1) is 29.8 Å². The molecule has 1 heterocycles. The number of hydrogen-bond donors (Lipinski definition) is 0. The Hall–Kier alpha value is -2.98. The van der Waals surface area contributed by atoms with E-state index in [1.807, 2.05) is 66.7 Å². The second-order valence-electron chi connectivity index (χ2n) is 6.43. The fourth-order valence-corrected chi connectivity index (χ4v) is 3.45. The number of rotatable bonds is 7. The zero-order valence-corrected chi connectivity index (χ0v) is 16.4. The first kappa shape index (κ1) is 18.4. The number of halogens is 1. The Morgan fingerprint density at radius 1 is 0.893 bits per heavy atom. The molecule has 0 aliphatic carbocycles. The normalized spacial score (nSPS) is 10.9. The summed E-state index contributed by atoms with van der Waals surface area (Å²) in [4.78, 5) is 4.82. The van der Waals surface area contributed by atoms with Crippen molar-refractivity contribution in [1.82, 2.24) is 9.55 Å². The number of methoxy groups -OCH3 is 1. The van der Waals surface area contributed by atoms with Crippen LogP contribution in [-0.2, 0) is 6.54 Å². The van der Waals surface area contributed by atoms with Crippen LogP contribution < -0.4 is 9.47 Å². The fraction of sp³-hybridized carbons (Fsp3) is 0.174. The van der Waals surface area contributed by atoms with Gasteiger partial charge in [0.2, 0.25) is 0 Å². The molecule has 0 atom stereocenters. The third kappa shape index (κ3) is 3.82. The van der Waals surface area contributed by atoms with Gasteiger partial charge in [0.25, 0.3) is 0 Å². The van der Waals surface area contributed by atoms with Crippen LogP contribution in [0.2, 0.25) is 5.02 Å². The summed E-state index contributed by atoms with van der Waals surface area (Å²) in [6.07, 6.45) is 0.851. The van der Waals surface area contributed by atoms with Crippen LogP contribution in [-0.4, -0.2) is 23.3 Å². The van der Waals surface area contributed by atoms with E-state index in [2.05, 4.69) is 10.6 Å². The van der Waals surface area contributed by atoms with E-state index in [0.29, 0.717) is 11.6 Å². The highest BCUT2D eigenvalue weighted by molar-refractivity contribution is 6.33. The molecule has 0 radical (unpaired) electrons. The van der Waals surface area contributed by atoms with Crippen molar-refractivity contribution >= 4 is 22.6 Å². The molecule has 0 N–H and O–H groups in total. The topological polar surface area (TPSA) is 36.3 Å². The summed E-state index contributed by atoms with van der Waals surface area (Å²) in [5.74, 6) is 2.54. The van der Waals surface area contributed by atoms with Gasteiger partial charge in [-0.1, -0.05) is 35.9 Å². The lowest BCUT2D eigenvalue weighted by molar-refractivity contribution is 0.302. The average Bonchev–Trinajstić information content (AvgIpc) is 3.10. The second-order valence-corrected chi connectivity index (χ2v) is 6.84. The van der Waals surface area contributed by atoms with E-state index in [4.69, 9.17) is 26.1 Å². The van der Waals surface area contributed by atoms with Crippen LogP contribution in [0.4, 0.5) is 0 Å². The average molecular weight is 393 g/mol. The van der Waals surface area contributed by atoms with Crippen molar-refractivity contribution in [3.05, 3.63) is 77.8 Å². The van der Waals surface area contributed by atoms with E-state index in [1.165, 1.54) is 0 Å². The molecular formula is C23H21ClN2O2. The van der Waals surface area contributed by atoms with Gasteiger partial charge in [-0.25, -0.2) is 4.98 Å². The molecule has 0 saturated carbocycles. The minimum atomic E-state index is 0.612. The second kappa shape index (κ2) is 8.36. The van der Waals surface area contributed by atoms with Gasteiger partial charge in [0, 0.05) is 12.1 Å². The van der Waals surface area contributed by atoms with Crippen LogP contribution in [0.3, 0.4) is 0 Å². The first-order valence-electron chi connectivity index (χ1n) is 9.23. The Labute approximate surface area is 169 Å². The highest BCUT2D eigenvalue weighted by Crippen LogP contribution is 2.30. The Morgan fingerprint density at radius 3 is 2.39 bits per heavy atom. The van der Waals surface area contributed by atoms with Crippen molar-refractivity contribution in [3.8, 4) is 22.9 Å². The van der Waals surface area contributed by atoms with E-state index in [-0.39, 0.29) is 0 Å². The van der Waals surface area contributed by atoms with Gasteiger partial charge >= 0.3 is 0 Å². The summed E-state index contributed by atoms with van der Waals surface area (Å²) in [7, 11) is 1.65. The van der Waals surface area contributed by atoms with Crippen LogP contribution in [0.1, 0.15) is 6.42 Å². The van der Waals surface area contributed by atoms with Crippen LogP contribution in [0.5, 0.6) is 11.5 Å². The SMILES string of the molecule is COc1ccc(OCCCn2c(-c3ccccc3Cl)nc3ccccc32)cc1. The third-order valence-electron chi connectivity index (χ3n) is 4.62. The van der Waals surface area contributed by atoms with Gasteiger partial charge in [-0.2, -0.15) is 0 Å². The standard InChI is InChI=1S/C23H21ClN2O2/c1-27-17-11-13-18(14-12-17)28-16-6-15-26-22-10-5-4-9-21(22)25-23(26)19-7-2-3-8-20(19)24/h2-5,7-14H,6,15-16H2,1H3. The molecular weight excluding hydrogens is 372 g/mol. The fourth-order valence-electron chi connectivity index (χ4n) is 3.23. The van der Waals surface area contributed by atoms with Gasteiger partial charge < -0.3 is 14.0 Å². The largest absolute Gasteiger partial charge is 0.497 e. The molecule has 0 bridgehead atoms. The Kier molecular flexibility index (Phi) is 5.49. The molecule has 4 aromatic rings. The summed E-state index contributed by atoms with van der Waals surface area (Å²) >= 11 is 6.44. The van der Waals surface area contributed by atoms with E-state index in [9.17, 15) is 0 Å². The van der Waals surface area contributed by atoms with Crippen LogP contribution in [0, 0.1) is 0 Å². The lowest BCUT2D eigenvalue weighted by Crippen LogP contribution is -2.06.